The van der Waals surface area contributed by atoms with E-state index in [0.717, 1.165) is 24.6 Å². The Labute approximate surface area is 115 Å². The Bertz CT molecular complexity index is 457. The SMILES string of the molecule is CC1(n2c(CO)nnc2SCC(=O)O)CCOCC1. The third-order valence-electron chi connectivity index (χ3n) is 3.28. The zero-order valence-corrected chi connectivity index (χ0v) is 11.5. The van der Waals surface area contributed by atoms with Crippen LogP contribution in [0.1, 0.15) is 25.6 Å². The van der Waals surface area contributed by atoms with Crippen LogP contribution in [0.15, 0.2) is 5.16 Å². The molecule has 0 saturated carbocycles. The summed E-state index contributed by atoms with van der Waals surface area (Å²) in [6.45, 7) is 3.13. The molecule has 8 heteroatoms. The third-order valence-corrected chi connectivity index (χ3v) is 4.19. The summed E-state index contributed by atoms with van der Waals surface area (Å²) in [7, 11) is 0. The number of thioether (sulfide) groups is 1. The van der Waals surface area contributed by atoms with Gasteiger partial charge in [0.05, 0.1) is 5.75 Å². The summed E-state index contributed by atoms with van der Waals surface area (Å²) in [6.07, 6.45) is 1.58. The maximum Gasteiger partial charge on any atom is 0.313 e. The maximum absolute atomic E-state index is 10.7. The average molecular weight is 287 g/mol. The van der Waals surface area contributed by atoms with Crippen LogP contribution in [0.2, 0.25) is 0 Å². The van der Waals surface area contributed by atoms with Gasteiger partial charge in [0.2, 0.25) is 0 Å². The van der Waals surface area contributed by atoms with Crippen molar-refractivity contribution in [1.29, 1.82) is 0 Å². The predicted molar refractivity (Wildman–Crippen MR) is 68.0 cm³/mol. The van der Waals surface area contributed by atoms with E-state index in [1.807, 2.05) is 4.57 Å². The lowest BCUT2D eigenvalue weighted by Crippen LogP contribution is -2.38. The maximum atomic E-state index is 10.7. The fourth-order valence-corrected chi connectivity index (χ4v) is 3.01. The van der Waals surface area contributed by atoms with Gasteiger partial charge in [0.25, 0.3) is 0 Å². The number of aliphatic hydroxyl groups excluding tert-OH is 1. The molecule has 0 aliphatic carbocycles. The molecule has 0 aromatic carbocycles. The fraction of sp³-hybridized carbons (Fsp3) is 0.727. The molecule has 19 heavy (non-hydrogen) atoms. The Hall–Kier alpha value is -1.12. The number of aromatic nitrogens is 3. The van der Waals surface area contributed by atoms with Gasteiger partial charge in [-0.1, -0.05) is 11.8 Å². The van der Waals surface area contributed by atoms with E-state index in [4.69, 9.17) is 9.84 Å². The Kier molecular flexibility index (Phi) is 4.43. The standard InChI is InChI=1S/C11H17N3O4S/c1-11(2-4-18-5-3-11)14-8(6-15)12-13-10(14)19-7-9(16)17/h15H,2-7H2,1H3,(H,16,17). The summed E-state index contributed by atoms with van der Waals surface area (Å²) < 4.78 is 7.22. The number of hydrogen-bond donors (Lipinski definition) is 2. The van der Waals surface area contributed by atoms with Gasteiger partial charge >= 0.3 is 5.97 Å². The lowest BCUT2D eigenvalue weighted by atomic mass is 9.92. The molecular weight excluding hydrogens is 270 g/mol. The van der Waals surface area contributed by atoms with Crippen molar-refractivity contribution in [2.24, 2.45) is 0 Å². The molecule has 1 fully saturated rings. The number of nitrogens with zero attached hydrogens (tertiary/aromatic N) is 3. The normalized spacial score (nSPS) is 18.4. The van der Waals surface area contributed by atoms with E-state index < -0.39 is 5.97 Å². The van der Waals surface area contributed by atoms with E-state index in [-0.39, 0.29) is 17.9 Å². The molecule has 2 rings (SSSR count). The van der Waals surface area contributed by atoms with Crippen molar-refractivity contribution in [2.45, 2.75) is 37.1 Å². The summed E-state index contributed by atoms with van der Waals surface area (Å²) in [5, 5.41) is 26.6. The van der Waals surface area contributed by atoms with Crippen LogP contribution in [0.25, 0.3) is 0 Å². The Morgan fingerprint density at radius 1 is 1.47 bits per heavy atom. The van der Waals surface area contributed by atoms with Gasteiger partial charge < -0.3 is 14.9 Å². The second-order valence-electron chi connectivity index (χ2n) is 4.68. The van der Waals surface area contributed by atoms with Gasteiger partial charge in [-0.15, -0.1) is 10.2 Å². The lowest BCUT2D eigenvalue weighted by Gasteiger charge is -2.36. The van der Waals surface area contributed by atoms with Crippen LogP contribution >= 0.6 is 11.8 Å². The van der Waals surface area contributed by atoms with E-state index in [0.29, 0.717) is 24.2 Å². The van der Waals surface area contributed by atoms with Crippen LogP contribution in [0.3, 0.4) is 0 Å². The fourth-order valence-electron chi connectivity index (χ4n) is 2.20. The molecule has 0 unspecified atom stereocenters. The molecule has 0 amide bonds. The first-order chi connectivity index (χ1) is 9.07. The minimum atomic E-state index is -0.901. The Morgan fingerprint density at radius 2 is 2.16 bits per heavy atom. The number of carbonyl (C=O) groups is 1. The van der Waals surface area contributed by atoms with Crippen LogP contribution in [-0.2, 0) is 21.7 Å². The zero-order valence-electron chi connectivity index (χ0n) is 10.7. The van der Waals surface area contributed by atoms with E-state index >= 15 is 0 Å². The van der Waals surface area contributed by atoms with Crippen LogP contribution in [0.5, 0.6) is 0 Å². The Balaban J connectivity index is 2.29. The highest BCUT2D eigenvalue weighted by Crippen LogP contribution is 2.33. The van der Waals surface area contributed by atoms with Gasteiger partial charge in [-0.05, 0) is 19.8 Å². The first-order valence-corrected chi connectivity index (χ1v) is 7.03. The Morgan fingerprint density at radius 3 is 2.74 bits per heavy atom. The summed E-state index contributed by atoms with van der Waals surface area (Å²) in [6, 6.07) is 0. The number of carboxylic acids is 1. The molecule has 7 nitrogen and oxygen atoms in total. The smallest absolute Gasteiger partial charge is 0.313 e. The van der Waals surface area contributed by atoms with Crippen molar-refractivity contribution in [3.63, 3.8) is 0 Å². The van der Waals surface area contributed by atoms with E-state index in [1.165, 1.54) is 0 Å². The van der Waals surface area contributed by atoms with E-state index in [1.54, 1.807) is 0 Å². The van der Waals surface area contributed by atoms with Gasteiger partial charge in [-0.25, -0.2) is 0 Å². The van der Waals surface area contributed by atoms with Gasteiger partial charge in [-0.3, -0.25) is 9.36 Å². The summed E-state index contributed by atoms with van der Waals surface area (Å²) in [4.78, 5) is 10.7. The van der Waals surface area contributed by atoms with Crippen LogP contribution in [0, 0.1) is 0 Å². The first-order valence-electron chi connectivity index (χ1n) is 6.05. The van der Waals surface area contributed by atoms with Crippen molar-refractivity contribution < 1.29 is 19.7 Å². The second kappa shape index (κ2) is 5.89. The number of hydrogen-bond acceptors (Lipinski definition) is 6. The van der Waals surface area contributed by atoms with Crippen molar-refractivity contribution in [1.82, 2.24) is 14.8 Å². The van der Waals surface area contributed by atoms with Crippen LogP contribution in [0.4, 0.5) is 0 Å². The molecule has 1 aromatic rings. The molecule has 0 radical (unpaired) electrons. The highest BCUT2D eigenvalue weighted by atomic mass is 32.2. The molecule has 1 saturated heterocycles. The zero-order chi connectivity index (χ0) is 13.9. The topological polar surface area (TPSA) is 97.5 Å². The molecule has 2 N–H and O–H groups in total. The van der Waals surface area contributed by atoms with Gasteiger partial charge in [0, 0.05) is 18.8 Å². The lowest BCUT2D eigenvalue weighted by molar-refractivity contribution is -0.133. The number of carboxylic acid groups (broad SMARTS) is 1. The van der Waals surface area contributed by atoms with Crippen LogP contribution in [-0.4, -0.2) is 49.9 Å². The van der Waals surface area contributed by atoms with Gasteiger partial charge in [0.1, 0.15) is 6.61 Å². The minimum absolute atomic E-state index is 0.0733. The molecule has 0 atom stereocenters. The van der Waals surface area contributed by atoms with Crippen LogP contribution < -0.4 is 0 Å². The van der Waals surface area contributed by atoms with E-state index in [2.05, 4.69) is 17.1 Å². The predicted octanol–water partition coefficient (Wildman–Crippen LogP) is 0.473. The van der Waals surface area contributed by atoms with Crippen molar-refractivity contribution in [3.8, 4) is 0 Å². The molecule has 1 aliphatic rings. The largest absolute Gasteiger partial charge is 0.481 e. The summed E-state index contributed by atoms with van der Waals surface area (Å²) in [5.41, 5.74) is -0.235. The minimum Gasteiger partial charge on any atom is -0.481 e. The highest BCUT2D eigenvalue weighted by Gasteiger charge is 2.34. The van der Waals surface area contributed by atoms with Crippen molar-refractivity contribution in [3.05, 3.63) is 5.82 Å². The first kappa shape index (κ1) is 14.3. The number of aliphatic hydroxyl groups is 1. The summed E-state index contributed by atoms with van der Waals surface area (Å²) >= 11 is 1.12. The summed E-state index contributed by atoms with van der Waals surface area (Å²) in [5.74, 6) is -0.504. The second-order valence-corrected chi connectivity index (χ2v) is 5.63. The third kappa shape index (κ3) is 3.07. The number of ether oxygens (including phenoxy) is 1. The highest BCUT2D eigenvalue weighted by molar-refractivity contribution is 7.99. The van der Waals surface area contributed by atoms with Gasteiger partial charge in [-0.2, -0.15) is 0 Å². The monoisotopic (exact) mass is 287 g/mol. The quantitative estimate of drug-likeness (QED) is 0.760. The van der Waals surface area contributed by atoms with Gasteiger partial charge in [0.15, 0.2) is 11.0 Å². The average Bonchev–Trinajstić information content (AvgIpc) is 2.81. The van der Waals surface area contributed by atoms with E-state index in [9.17, 15) is 9.90 Å². The number of rotatable bonds is 5. The number of aliphatic carboxylic acids is 1. The molecular formula is C11H17N3O4S. The van der Waals surface area contributed by atoms with Crippen molar-refractivity contribution in [2.75, 3.05) is 19.0 Å². The molecule has 106 valence electrons. The molecule has 0 bridgehead atoms. The molecule has 0 spiro atoms. The molecule has 2 heterocycles. The molecule has 1 aliphatic heterocycles. The van der Waals surface area contributed by atoms with Crippen molar-refractivity contribution >= 4 is 17.7 Å². The molecule has 1 aromatic heterocycles.